The van der Waals surface area contributed by atoms with Crippen LogP contribution in [-0.4, -0.2) is 36.6 Å². The van der Waals surface area contributed by atoms with Gasteiger partial charge in [-0.25, -0.2) is 4.90 Å². The van der Waals surface area contributed by atoms with E-state index in [1.807, 2.05) is 6.92 Å². The number of ketones is 1. The average Bonchev–Trinajstić information content (AvgIpc) is 3.06. The third kappa shape index (κ3) is 3.32. The molecule has 0 atom stereocenters. The normalized spacial score (nSPS) is 16.6. The average molecular weight is 456 g/mol. The summed E-state index contributed by atoms with van der Waals surface area (Å²) in [6.07, 6.45) is 1.19. The summed E-state index contributed by atoms with van der Waals surface area (Å²) in [5, 5.41) is 0. The molecule has 3 aromatic rings. The van der Waals surface area contributed by atoms with E-state index in [9.17, 15) is 22.8 Å². The second-order valence-electron chi connectivity index (χ2n) is 7.66. The van der Waals surface area contributed by atoms with Gasteiger partial charge in [0, 0.05) is 11.1 Å². The summed E-state index contributed by atoms with van der Waals surface area (Å²) in [4.78, 5) is 40.0. The number of allylic oxidation sites excluding steroid dienone is 2. The Hall–Kier alpha value is -4.17. The van der Waals surface area contributed by atoms with Crippen LogP contribution in [0.4, 0.5) is 0 Å². The molecule has 0 radical (unpaired) electrons. The van der Waals surface area contributed by atoms with Gasteiger partial charge in [0.25, 0.3) is 21.8 Å². The molecule has 0 fully saturated rings. The first-order chi connectivity index (χ1) is 15.8. The molecule has 0 saturated carbocycles. The second-order valence-corrected chi connectivity index (χ2v) is 9.26. The summed E-state index contributed by atoms with van der Waals surface area (Å²) in [7, 11) is -4.12. The van der Waals surface area contributed by atoms with Gasteiger partial charge in [-0.05, 0) is 37.3 Å². The van der Waals surface area contributed by atoms with Gasteiger partial charge in [-0.2, -0.15) is 12.8 Å². The Morgan fingerprint density at radius 3 is 1.79 bits per heavy atom. The third-order valence-electron chi connectivity index (χ3n) is 5.53. The van der Waals surface area contributed by atoms with Crippen molar-refractivity contribution in [3.63, 3.8) is 0 Å². The largest absolute Gasteiger partial charge is 0.287 e. The summed E-state index contributed by atoms with van der Waals surface area (Å²) in [6.45, 7) is 1.84. The minimum Gasteiger partial charge on any atom is -0.287 e. The highest BCUT2D eigenvalue weighted by atomic mass is 32.2. The van der Waals surface area contributed by atoms with Crippen molar-refractivity contribution in [1.29, 1.82) is 0 Å². The molecule has 0 spiro atoms. The monoisotopic (exact) mass is 456 g/mol. The van der Waals surface area contributed by atoms with E-state index < -0.39 is 27.6 Å². The van der Waals surface area contributed by atoms with Crippen LogP contribution in [-0.2, 0) is 10.0 Å². The van der Waals surface area contributed by atoms with Crippen LogP contribution in [0, 0.1) is 6.92 Å². The molecule has 1 heterocycles. The number of hydrogen-bond acceptors (Lipinski definition) is 5. The maximum atomic E-state index is 13.2. The SMILES string of the molecule is Cc1ccc(S(=O)(=O)N=C2C=C(N3C(=O)c4ccccc4C3=O)C(=O)c3ccccc32)cc1. The van der Waals surface area contributed by atoms with Crippen molar-refractivity contribution in [1.82, 2.24) is 4.90 Å². The fraction of sp³-hybridized carbons (Fsp3) is 0.0400. The lowest BCUT2D eigenvalue weighted by Gasteiger charge is -2.22. The van der Waals surface area contributed by atoms with Gasteiger partial charge in [-0.3, -0.25) is 14.4 Å². The first kappa shape index (κ1) is 20.7. The Bertz CT molecular complexity index is 1500. The maximum Gasteiger partial charge on any atom is 0.282 e. The van der Waals surface area contributed by atoms with Gasteiger partial charge < -0.3 is 0 Å². The number of hydrogen-bond donors (Lipinski definition) is 0. The number of benzene rings is 3. The Morgan fingerprint density at radius 1 is 0.697 bits per heavy atom. The van der Waals surface area contributed by atoms with Crippen molar-refractivity contribution >= 4 is 33.3 Å². The molecule has 0 bridgehead atoms. The molecule has 5 rings (SSSR count). The van der Waals surface area contributed by atoms with Crippen LogP contribution < -0.4 is 0 Å². The summed E-state index contributed by atoms with van der Waals surface area (Å²) in [5.74, 6) is -1.85. The fourth-order valence-electron chi connectivity index (χ4n) is 3.86. The van der Waals surface area contributed by atoms with Crippen molar-refractivity contribution in [2.75, 3.05) is 0 Å². The number of nitrogens with zero attached hydrogens (tertiary/aromatic N) is 2. The zero-order valence-corrected chi connectivity index (χ0v) is 18.2. The van der Waals surface area contributed by atoms with E-state index in [-0.39, 0.29) is 33.0 Å². The van der Waals surface area contributed by atoms with Crippen LogP contribution in [0.1, 0.15) is 42.2 Å². The highest BCUT2D eigenvalue weighted by Crippen LogP contribution is 2.31. The maximum absolute atomic E-state index is 13.2. The van der Waals surface area contributed by atoms with Gasteiger partial charge in [0.2, 0.25) is 5.78 Å². The smallest absolute Gasteiger partial charge is 0.282 e. The second kappa shape index (κ2) is 7.46. The summed E-state index contributed by atoms with van der Waals surface area (Å²) in [6, 6.07) is 18.8. The predicted octanol–water partition coefficient (Wildman–Crippen LogP) is 3.55. The van der Waals surface area contributed by atoms with E-state index >= 15 is 0 Å². The quantitative estimate of drug-likeness (QED) is 0.561. The molecule has 0 saturated heterocycles. The first-order valence-corrected chi connectivity index (χ1v) is 11.5. The van der Waals surface area contributed by atoms with Gasteiger partial charge in [0.05, 0.1) is 21.7 Å². The van der Waals surface area contributed by atoms with Crippen LogP contribution >= 0.6 is 0 Å². The Balaban J connectivity index is 1.67. The standard InChI is InChI=1S/C25H16N2O5S/c1-15-10-12-16(13-11-15)33(31,32)26-21-14-22(23(28)18-7-3-2-6-17(18)21)27-24(29)19-8-4-5-9-20(19)25(27)30/h2-14H,1H3. The molecule has 0 N–H and O–H groups in total. The minimum atomic E-state index is -4.12. The van der Waals surface area contributed by atoms with Gasteiger partial charge in [-0.15, -0.1) is 0 Å². The Morgan fingerprint density at radius 2 is 1.21 bits per heavy atom. The third-order valence-corrected chi connectivity index (χ3v) is 6.83. The molecule has 0 aromatic heterocycles. The van der Waals surface area contributed by atoms with Crippen molar-refractivity contribution in [3.05, 3.63) is 112 Å². The molecule has 7 nitrogen and oxygen atoms in total. The lowest BCUT2D eigenvalue weighted by atomic mass is 9.91. The van der Waals surface area contributed by atoms with Crippen molar-refractivity contribution in [3.8, 4) is 0 Å². The number of rotatable bonds is 3. The molecule has 162 valence electrons. The number of fused-ring (bicyclic) bond motifs is 2. The van der Waals surface area contributed by atoms with Gasteiger partial charge >= 0.3 is 0 Å². The van der Waals surface area contributed by atoms with Gasteiger partial charge in [-0.1, -0.05) is 54.1 Å². The number of sulfonamides is 1. The first-order valence-electron chi connectivity index (χ1n) is 10.0. The molecular weight excluding hydrogens is 440 g/mol. The summed E-state index contributed by atoms with van der Waals surface area (Å²) < 4.78 is 30.0. The number of Topliss-reactive ketones (excluding diaryl/α,β-unsaturated/α-hetero) is 1. The van der Waals surface area contributed by atoms with Crippen molar-refractivity contribution in [2.24, 2.45) is 4.40 Å². The van der Waals surface area contributed by atoms with Crippen LogP contribution in [0.25, 0.3) is 0 Å². The number of carbonyl (C=O) groups is 3. The highest BCUT2D eigenvalue weighted by molar-refractivity contribution is 7.90. The van der Waals surface area contributed by atoms with Crippen LogP contribution in [0.15, 0.2) is 93.9 Å². The number of aryl methyl sites for hydroxylation is 1. The van der Waals surface area contributed by atoms with E-state index in [1.165, 1.54) is 36.4 Å². The van der Waals surface area contributed by atoms with E-state index in [1.54, 1.807) is 42.5 Å². The zero-order valence-electron chi connectivity index (χ0n) is 17.3. The summed E-state index contributed by atoms with van der Waals surface area (Å²) in [5.41, 5.74) is 1.45. The van der Waals surface area contributed by atoms with Crippen LogP contribution in [0.2, 0.25) is 0 Å². The van der Waals surface area contributed by atoms with Crippen molar-refractivity contribution < 1.29 is 22.8 Å². The van der Waals surface area contributed by atoms with Gasteiger partial charge in [0.1, 0.15) is 5.70 Å². The van der Waals surface area contributed by atoms with E-state index in [4.69, 9.17) is 0 Å². The van der Waals surface area contributed by atoms with Crippen molar-refractivity contribution in [2.45, 2.75) is 11.8 Å². The van der Waals surface area contributed by atoms with Gasteiger partial charge in [0.15, 0.2) is 0 Å². The minimum absolute atomic E-state index is 0.00865. The highest BCUT2D eigenvalue weighted by Gasteiger charge is 2.41. The molecule has 2 aliphatic rings. The molecule has 3 aromatic carbocycles. The zero-order chi connectivity index (χ0) is 23.3. The molecule has 1 aliphatic carbocycles. The molecule has 8 heteroatoms. The number of carbonyl (C=O) groups excluding carboxylic acids is 3. The summed E-state index contributed by atoms with van der Waals surface area (Å²) >= 11 is 0. The molecule has 2 amide bonds. The fourth-order valence-corrected chi connectivity index (χ4v) is 4.85. The molecule has 0 unspecified atom stereocenters. The predicted molar refractivity (Wildman–Crippen MR) is 121 cm³/mol. The number of amides is 2. The Labute approximate surface area is 189 Å². The van der Waals surface area contributed by atoms with Crippen LogP contribution in [0.5, 0.6) is 0 Å². The Kier molecular flexibility index (Phi) is 4.68. The lowest BCUT2D eigenvalue weighted by molar-refractivity contribution is 0.0678. The molecule has 1 aliphatic heterocycles. The van der Waals surface area contributed by atoms with Crippen LogP contribution in [0.3, 0.4) is 0 Å². The number of imide groups is 1. The lowest BCUT2D eigenvalue weighted by Crippen LogP contribution is -2.36. The van der Waals surface area contributed by atoms with E-state index in [0.717, 1.165) is 10.5 Å². The molecular formula is C25H16N2O5S. The van der Waals surface area contributed by atoms with E-state index in [0.29, 0.717) is 5.56 Å². The topological polar surface area (TPSA) is 101 Å². The van der Waals surface area contributed by atoms with E-state index in [2.05, 4.69) is 4.40 Å². The molecule has 33 heavy (non-hydrogen) atoms.